The predicted molar refractivity (Wildman–Crippen MR) is 107 cm³/mol. The van der Waals surface area contributed by atoms with E-state index in [1.165, 1.54) is 0 Å². The Kier molecular flexibility index (Phi) is 4.46. The average molecular weight is 359 g/mol. The van der Waals surface area contributed by atoms with Crippen LogP contribution >= 0.6 is 0 Å². The van der Waals surface area contributed by atoms with Crippen LogP contribution < -0.4 is 0 Å². The lowest BCUT2D eigenvalue weighted by molar-refractivity contribution is 0.105. The predicted octanol–water partition coefficient (Wildman–Crippen LogP) is 3.34. The molecule has 1 heterocycles. The van der Waals surface area contributed by atoms with Crippen LogP contribution in [0.15, 0.2) is 64.2 Å². The standard InChI is InChI=1S/C22H21N3O2/c1-14-8-4-5-9-15(14)18-20-19(16-10-6-7-11-17(16)21(18)26)23-22(24-20)25(2)12-13-27-3/h4-11H,12-13H2,1-3H3. The van der Waals surface area contributed by atoms with E-state index in [9.17, 15) is 4.79 Å². The van der Waals surface area contributed by atoms with Gasteiger partial charge in [0, 0.05) is 31.8 Å². The number of ketones is 1. The highest BCUT2D eigenvalue weighted by atomic mass is 16.5. The molecule has 0 amide bonds. The van der Waals surface area contributed by atoms with Crippen LogP contribution in [0.2, 0.25) is 0 Å². The van der Waals surface area contributed by atoms with Crippen molar-refractivity contribution in [2.75, 3.05) is 27.3 Å². The molecule has 0 aromatic heterocycles. The van der Waals surface area contributed by atoms with E-state index in [2.05, 4.69) is 0 Å². The molecule has 1 aliphatic heterocycles. The minimum atomic E-state index is -0.00149. The number of aliphatic imine (C=N–C) groups is 2. The number of rotatable bonds is 4. The van der Waals surface area contributed by atoms with Gasteiger partial charge in [0.05, 0.1) is 12.2 Å². The quantitative estimate of drug-likeness (QED) is 0.841. The fraction of sp³-hybridized carbons (Fsp3) is 0.227. The van der Waals surface area contributed by atoms with Gasteiger partial charge >= 0.3 is 0 Å². The third-order valence-electron chi connectivity index (χ3n) is 4.93. The number of allylic oxidation sites excluding steroid dienone is 2. The molecule has 136 valence electrons. The van der Waals surface area contributed by atoms with Gasteiger partial charge in [-0.05, 0) is 18.1 Å². The van der Waals surface area contributed by atoms with Crippen molar-refractivity contribution in [1.29, 1.82) is 0 Å². The maximum absolute atomic E-state index is 13.3. The lowest BCUT2D eigenvalue weighted by atomic mass is 9.83. The van der Waals surface area contributed by atoms with Gasteiger partial charge in [-0.2, -0.15) is 0 Å². The van der Waals surface area contributed by atoms with E-state index >= 15 is 0 Å². The molecule has 4 rings (SSSR count). The summed E-state index contributed by atoms with van der Waals surface area (Å²) in [6, 6.07) is 15.5. The molecule has 2 aromatic rings. The smallest absolute Gasteiger partial charge is 0.226 e. The summed E-state index contributed by atoms with van der Waals surface area (Å²) in [5.41, 5.74) is 5.52. The van der Waals surface area contributed by atoms with E-state index in [1.54, 1.807) is 7.11 Å². The topological polar surface area (TPSA) is 54.3 Å². The van der Waals surface area contributed by atoms with Crippen molar-refractivity contribution in [2.45, 2.75) is 6.92 Å². The molecule has 0 N–H and O–H groups in total. The Morgan fingerprint density at radius 1 is 0.963 bits per heavy atom. The summed E-state index contributed by atoms with van der Waals surface area (Å²) in [6.07, 6.45) is 0. The van der Waals surface area contributed by atoms with E-state index in [4.69, 9.17) is 14.7 Å². The molecule has 0 saturated heterocycles. The zero-order chi connectivity index (χ0) is 19.0. The first-order valence-corrected chi connectivity index (χ1v) is 8.94. The zero-order valence-corrected chi connectivity index (χ0v) is 15.7. The van der Waals surface area contributed by atoms with Crippen molar-refractivity contribution in [3.63, 3.8) is 0 Å². The van der Waals surface area contributed by atoms with Crippen molar-refractivity contribution >= 4 is 23.0 Å². The fourth-order valence-corrected chi connectivity index (χ4v) is 3.43. The Hall–Kier alpha value is -3.05. The van der Waals surface area contributed by atoms with Crippen LogP contribution in [0.4, 0.5) is 0 Å². The van der Waals surface area contributed by atoms with Crippen molar-refractivity contribution < 1.29 is 9.53 Å². The van der Waals surface area contributed by atoms with Crippen LogP contribution in [0.3, 0.4) is 0 Å². The highest BCUT2D eigenvalue weighted by molar-refractivity contribution is 6.43. The first-order valence-electron chi connectivity index (χ1n) is 8.94. The number of aryl methyl sites for hydroxylation is 1. The van der Waals surface area contributed by atoms with Crippen molar-refractivity contribution in [1.82, 2.24) is 4.90 Å². The molecular weight excluding hydrogens is 338 g/mol. The number of fused-ring (bicyclic) bond motifs is 3. The lowest BCUT2D eigenvalue weighted by Crippen LogP contribution is -2.27. The Morgan fingerprint density at radius 2 is 1.63 bits per heavy atom. The van der Waals surface area contributed by atoms with Gasteiger partial charge in [0.2, 0.25) is 5.96 Å². The number of benzene rings is 2. The molecule has 0 spiro atoms. The van der Waals surface area contributed by atoms with Crippen LogP contribution in [0.1, 0.15) is 27.0 Å². The summed E-state index contributed by atoms with van der Waals surface area (Å²) in [5, 5.41) is 0. The summed E-state index contributed by atoms with van der Waals surface area (Å²) in [4.78, 5) is 24.8. The highest BCUT2D eigenvalue weighted by Gasteiger charge is 2.35. The van der Waals surface area contributed by atoms with E-state index < -0.39 is 0 Å². The Labute approximate surface area is 158 Å². The summed E-state index contributed by atoms with van der Waals surface area (Å²) >= 11 is 0. The first-order chi connectivity index (χ1) is 13.1. The molecule has 0 fully saturated rings. The molecule has 0 unspecified atom stereocenters. The molecule has 1 aliphatic carbocycles. The minimum Gasteiger partial charge on any atom is -0.383 e. The molecule has 0 atom stereocenters. The molecule has 0 radical (unpaired) electrons. The Bertz CT molecular complexity index is 1020. The van der Waals surface area contributed by atoms with Crippen LogP contribution in [-0.4, -0.2) is 49.7 Å². The van der Waals surface area contributed by atoms with Gasteiger partial charge in [-0.15, -0.1) is 0 Å². The van der Waals surface area contributed by atoms with E-state index in [-0.39, 0.29) is 5.78 Å². The third kappa shape index (κ3) is 2.90. The van der Waals surface area contributed by atoms with Crippen LogP contribution in [0, 0.1) is 6.92 Å². The third-order valence-corrected chi connectivity index (χ3v) is 4.93. The number of likely N-dealkylation sites (N-methyl/N-ethyl adjacent to an activating group) is 1. The Morgan fingerprint density at radius 3 is 2.33 bits per heavy atom. The minimum absolute atomic E-state index is 0.00149. The molecular formula is C22H21N3O2. The van der Waals surface area contributed by atoms with Crippen LogP contribution in [0.5, 0.6) is 0 Å². The van der Waals surface area contributed by atoms with Gasteiger partial charge in [-0.25, -0.2) is 9.98 Å². The molecule has 2 aliphatic rings. The molecule has 5 heteroatoms. The maximum atomic E-state index is 13.3. The number of hydrogen-bond acceptors (Lipinski definition) is 5. The van der Waals surface area contributed by atoms with E-state index in [0.717, 1.165) is 22.4 Å². The monoisotopic (exact) mass is 359 g/mol. The number of ether oxygens (including phenoxy) is 1. The van der Waals surface area contributed by atoms with Gasteiger partial charge in [0.1, 0.15) is 11.4 Å². The van der Waals surface area contributed by atoms with Gasteiger partial charge < -0.3 is 9.64 Å². The van der Waals surface area contributed by atoms with E-state index in [0.29, 0.717) is 35.9 Å². The SMILES string of the molecule is COCCN(C)C1=NC2=C(c3ccccc3C)C(=O)c3ccccc3C2=N1. The van der Waals surface area contributed by atoms with Gasteiger partial charge in [-0.3, -0.25) is 4.79 Å². The van der Waals surface area contributed by atoms with Crippen LogP contribution in [0.25, 0.3) is 5.57 Å². The summed E-state index contributed by atoms with van der Waals surface area (Å²) < 4.78 is 5.16. The van der Waals surface area contributed by atoms with E-state index in [1.807, 2.05) is 67.4 Å². The number of carbonyl (C=O) groups excluding carboxylic acids is 1. The molecule has 2 aromatic carbocycles. The maximum Gasteiger partial charge on any atom is 0.226 e. The van der Waals surface area contributed by atoms with Crippen molar-refractivity contribution in [3.05, 3.63) is 76.5 Å². The largest absolute Gasteiger partial charge is 0.383 e. The number of guanidine groups is 1. The second-order valence-electron chi connectivity index (χ2n) is 6.70. The van der Waals surface area contributed by atoms with Gasteiger partial charge in [0.15, 0.2) is 5.78 Å². The number of hydrogen-bond donors (Lipinski definition) is 0. The number of Topliss-reactive ketones (excluding diaryl/α,β-unsaturated/α-hetero) is 1. The number of carbonyl (C=O) groups is 1. The second-order valence-corrected chi connectivity index (χ2v) is 6.70. The second kappa shape index (κ2) is 6.93. The summed E-state index contributed by atoms with van der Waals surface area (Å²) in [7, 11) is 3.60. The summed E-state index contributed by atoms with van der Waals surface area (Å²) in [5.74, 6) is 0.603. The van der Waals surface area contributed by atoms with Crippen LogP contribution in [-0.2, 0) is 4.74 Å². The van der Waals surface area contributed by atoms with Crippen molar-refractivity contribution in [3.8, 4) is 0 Å². The Balaban J connectivity index is 1.91. The number of methoxy groups -OCH3 is 1. The van der Waals surface area contributed by atoms with Gasteiger partial charge in [-0.1, -0.05) is 48.5 Å². The zero-order valence-electron chi connectivity index (χ0n) is 15.7. The van der Waals surface area contributed by atoms with Gasteiger partial charge in [0.25, 0.3) is 0 Å². The molecule has 27 heavy (non-hydrogen) atoms. The fourth-order valence-electron chi connectivity index (χ4n) is 3.43. The lowest BCUT2D eigenvalue weighted by Gasteiger charge is -2.20. The number of nitrogens with zero attached hydrogens (tertiary/aromatic N) is 3. The first kappa shape index (κ1) is 17.4. The normalized spacial score (nSPS) is 15.3. The van der Waals surface area contributed by atoms with Crippen molar-refractivity contribution in [2.24, 2.45) is 9.98 Å². The summed E-state index contributed by atoms with van der Waals surface area (Å²) in [6.45, 7) is 3.27. The highest BCUT2D eigenvalue weighted by Crippen LogP contribution is 2.37. The molecule has 0 bridgehead atoms. The molecule has 5 nitrogen and oxygen atoms in total. The molecule has 0 saturated carbocycles. The average Bonchev–Trinajstić information content (AvgIpc) is 3.13.